The van der Waals surface area contributed by atoms with Crippen LogP contribution in [0.15, 0.2) is 272 Å². The molecular formula is C104H111BrClN9O14S4. The third-order valence-corrected chi connectivity index (χ3v) is 31.0. The van der Waals surface area contributed by atoms with Crippen molar-refractivity contribution in [2.75, 3.05) is 83.2 Å². The number of anilines is 1. The number of imidazole rings is 1. The number of hydrogen-bond acceptors (Lipinski definition) is 20. The Morgan fingerprint density at radius 1 is 0.729 bits per heavy atom. The van der Waals surface area contributed by atoms with Gasteiger partial charge < -0.3 is 62.4 Å². The Morgan fingerprint density at radius 3 is 2.24 bits per heavy atom. The Labute approximate surface area is 802 Å². The fourth-order valence-corrected chi connectivity index (χ4v) is 22.3. The van der Waals surface area contributed by atoms with Crippen molar-refractivity contribution in [1.29, 1.82) is 0 Å². The minimum atomic E-state index is -3.45. The lowest BCUT2D eigenvalue weighted by molar-refractivity contribution is -0.144. The monoisotopic (exact) mass is 1950 g/mol. The number of pyridine rings is 1. The first-order chi connectivity index (χ1) is 64.6. The predicted octanol–water partition coefficient (Wildman–Crippen LogP) is 21.3. The molecule has 29 heteroatoms. The quantitative estimate of drug-likeness (QED) is 0.0477. The summed E-state index contributed by atoms with van der Waals surface area (Å²) in [6, 6.07) is 73.3. The van der Waals surface area contributed by atoms with Gasteiger partial charge in [-0.3, -0.25) is 24.0 Å². The van der Waals surface area contributed by atoms with E-state index >= 15 is 0 Å². The van der Waals surface area contributed by atoms with Gasteiger partial charge in [0.25, 0.3) is 17.0 Å². The molecule has 2 atom stereocenters. The second-order valence-corrected chi connectivity index (χ2v) is 41.0. The lowest BCUT2D eigenvalue weighted by Gasteiger charge is -2.38. The molecule has 5 aromatic heterocycles. The number of nitrogens with zero attached hydrogens (tertiary/aromatic N) is 7. The molecule has 13 aromatic rings. The summed E-state index contributed by atoms with van der Waals surface area (Å²) in [5, 5.41) is 13.2. The number of aryl methyl sites for hydroxylation is 2. The minimum Gasteiger partial charge on any atom is -0.496 e. The van der Waals surface area contributed by atoms with Crippen LogP contribution in [-0.4, -0.2) is 167 Å². The number of nitrogens with one attached hydrogen (secondary N) is 2. The molecular weight excluding hydrogens is 1840 g/mol. The number of aromatic nitrogens is 4. The number of halogens is 2. The number of sulfone groups is 1. The molecule has 23 nitrogen and oxygen atoms in total. The molecule has 9 heterocycles. The third-order valence-electron chi connectivity index (χ3n) is 24.6. The van der Waals surface area contributed by atoms with Gasteiger partial charge in [-0.05, 0) is 198 Å². The number of ether oxygens (including phenoxy) is 5. The fourth-order valence-electron chi connectivity index (χ4n) is 17.1. The number of methoxy groups -OCH3 is 1. The van der Waals surface area contributed by atoms with E-state index in [2.05, 4.69) is 76.2 Å². The van der Waals surface area contributed by atoms with Gasteiger partial charge in [0, 0.05) is 131 Å². The van der Waals surface area contributed by atoms with Crippen LogP contribution in [-0.2, 0) is 58.4 Å². The van der Waals surface area contributed by atoms with E-state index in [1.54, 1.807) is 73.6 Å². The number of rotatable bonds is 26. The van der Waals surface area contributed by atoms with Crippen LogP contribution in [0, 0.1) is 6.92 Å². The number of fused-ring (bicyclic) bond motifs is 3. The predicted molar refractivity (Wildman–Crippen MR) is 527 cm³/mol. The number of thiophene rings is 1. The van der Waals surface area contributed by atoms with E-state index in [-0.39, 0.29) is 48.3 Å². The van der Waals surface area contributed by atoms with Crippen LogP contribution in [0.3, 0.4) is 0 Å². The van der Waals surface area contributed by atoms with Crippen molar-refractivity contribution in [1.82, 2.24) is 39.5 Å². The maximum atomic E-state index is 13.0. The highest BCUT2D eigenvalue weighted by molar-refractivity contribution is 9.10. The summed E-state index contributed by atoms with van der Waals surface area (Å²) < 4.78 is 67.4. The molecule has 3 saturated heterocycles. The van der Waals surface area contributed by atoms with E-state index < -0.39 is 20.7 Å². The highest BCUT2D eigenvalue weighted by Crippen LogP contribution is 2.43. The van der Waals surface area contributed by atoms with Crippen molar-refractivity contribution in [2.45, 2.75) is 161 Å². The van der Waals surface area contributed by atoms with Gasteiger partial charge in [0.15, 0.2) is 38.2 Å². The molecule has 4 aliphatic heterocycles. The van der Waals surface area contributed by atoms with Gasteiger partial charge in [-0.25, -0.2) is 18.4 Å². The molecule has 8 aromatic carbocycles. The number of amides is 5. The largest absolute Gasteiger partial charge is 0.496 e. The molecule has 6 aliphatic rings. The van der Waals surface area contributed by atoms with Crippen LogP contribution in [0.25, 0.3) is 28.0 Å². The summed E-state index contributed by atoms with van der Waals surface area (Å²) in [5.41, 5.74) is 9.45. The van der Waals surface area contributed by atoms with Crippen LogP contribution >= 0.6 is 62.4 Å². The average molecular weight is 1950 g/mol. The topological polar surface area (TPSA) is 269 Å². The first-order valence-electron chi connectivity index (χ1n) is 45.3. The van der Waals surface area contributed by atoms with Crippen molar-refractivity contribution < 1.29 is 65.0 Å². The smallest absolute Gasteiger partial charge is 0.277 e. The highest BCUT2D eigenvalue weighted by Gasteiger charge is 2.43. The Morgan fingerprint density at radius 2 is 1.47 bits per heavy atom. The van der Waals surface area contributed by atoms with Crippen molar-refractivity contribution in [3.05, 3.63) is 302 Å². The van der Waals surface area contributed by atoms with Gasteiger partial charge in [0.05, 0.1) is 40.8 Å². The summed E-state index contributed by atoms with van der Waals surface area (Å²) in [4.78, 5) is 80.2. The van der Waals surface area contributed by atoms with Gasteiger partial charge in [-0.1, -0.05) is 203 Å². The number of carbonyl (C=O) groups excluding carboxylic acids is 5. The van der Waals surface area contributed by atoms with E-state index in [9.17, 15) is 32.4 Å². The molecule has 2 aliphatic carbocycles. The van der Waals surface area contributed by atoms with Crippen molar-refractivity contribution in [2.24, 2.45) is 0 Å². The fraction of sp³-hybridized carbons (Fsp3) is 0.346. The molecule has 0 radical (unpaired) electrons. The Balaban J connectivity index is 0.000000127. The summed E-state index contributed by atoms with van der Waals surface area (Å²) >= 11 is 14.9. The lowest BCUT2D eigenvalue weighted by Crippen LogP contribution is -2.48. The van der Waals surface area contributed by atoms with E-state index in [4.69, 9.17) is 44.2 Å². The number of para-hydroxylation sites is 4. The third kappa shape index (κ3) is 25.8. The maximum Gasteiger partial charge on any atom is 0.277 e. The number of hydrogen-bond donors (Lipinski definition) is 2. The van der Waals surface area contributed by atoms with Crippen LogP contribution in [0.5, 0.6) is 23.0 Å². The van der Waals surface area contributed by atoms with Crippen molar-refractivity contribution in [3.63, 3.8) is 0 Å². The normalized spacial score (nSPS) is 16.4. The van der Waals surface area contributed by atoms with E-state index in [0.29, 0.717) is 95.8 Å². The first-order valence-corrected chi connectivity index (χ1v) is 50.9. The number of carbonyl (C=O) groups is 5. The number of likely N-dealkylation sites (tertiary alicyclic amines) is 1. The summed E-state index contributed by atoms with van der Waals surface area (Å²) in [6.07, 6.45) is 17.7. The molecule has 2 unspecified atom stereocenters. The standard InChI is InChI=1S/C22H26BrNO3.C21H24N2O2S2.C21H25NO4S.C20H20ClNO3S.C20H16N4O2/c1-26-20-9-5-3-7-18(20)22(12-14-27-15-13-22)16-24-21(25)11-10-17-6-2-4-8-19(17)23;24-20(15-27-21-22-18-10-4-5-11-19(18)25-21)23(16-7-2-1-3-8-16)13-12-17-9-6-14-26-17;1-16-9-11-17(12-10-16)26-21(2,3)20(23)22-14-13-19(15-22)27(24,25)18-7-5-4-6-8-18;21-16-4-2-1-3-15(16)19-7-8-22(9-10-26-19)20(23)12-14-5-6-17-18(11-14)25-13-24-17;25-20(16-11-18(26-23-16)13-8-9-13)22-15-6-2-1-5-14(15)17-12-24-10-4-3-7-19(24)21-17/h2-9H,10-16H2,1H3,(H,24,25);4-6,9-11,14,16H,1-3,7-8,12-13,15H2;4-12,19H,13-15H2,1-3H3;1-6,11,19H,7-10,12-13H2;1-7,10-13H,8-9H2,(H,22,25). The number of oxazole rings is 1. The lowest BCUT2D eigenvalue weighted by atomic mass is 9.73. The van der Waals surface area contributed by atoms with Crippen LogP contribution in [0.1, 0.15) is 151 Å². The van der Waals surface area contributed by atoms with Gasteiger partial charge in [-0.15, -0.1) is 11.3 Å². The second kappa shape index (κ2) is 46.1. The molecule has 2 N–H and O–H groups in total. The Bertz CT molecular complexity index is 6140. The summed E-state index contributed by atoms with van der Waals surface area (Å²) in [7, 11) is -1.75. The van der Waals surface area contributed by atoms with Crippen LogP contribution in [0.2, 0.25) is 5.02 Å². The van der Waals surface area contributed by atoms with Gasteiger partial charge in [-0.2, -0.15) is 11.8 Å². The molecule has 133 heavy (non-hydrogen) atoms. The van der Waals surface area contributed by atoms with E-state index in [1.165, 1.54) is 41.5 Å². The molecule has 5 fully saturated rings. The van der Waals surface area contributed by atoms with Crippen LogP contribution in [0.4, 0.5) is 5.69 Å². The molecule has 2 saturated carbocycles. The second-order valence-electron chi connectivity index (χ2n) is 34.2. The zero-order valence-corrected chi connectivity index (χ0v) is 80.7. The maximum absolute atomic E-state index is 13.0. The first kappa shape index (κ1) is 96.3. The zero-order valence-electron chi connectivity index (χ0n) is 75.1. The van der Waals surface area contributed by atoms with Gasteiger partial charge in [0.2, 0.25) is 24.5 Å². The average Bonchev–Trinajstić information content (AvgIpc) is 1.78. The molecule has 0 spiro atoms. The van der Waals surface area contributed by atoms with Crippen molar-refractivity contribution in [3.8, 4) is 34.3 Å². The zero-order chi connectivity index (χ0) is 92.7. The van der Waals surface area contributed by atoms with Gasteiger partial charge in [0.1, 0.15) is 28.4 Å². The molecule has 0 bridgehead atoms. The number of thioether (sulfide) groups is 2. The highest BCUT2D eigenvalue weighted by atomic mass is 79.9. The Kier molecular flexibility index (Phi) is 33.4. The molecule has 694 valence electrons. The molecule has 5 amide bonds. The van der Waals surface area contributed by atoms with Gasteiger partial charge >= 0.3 is 0 Å². The number of benzene rings is 8. The van der Waals surface area contributed by atoms with Crippen molar-refractivity contribution >= 4 is 124 Å². The molecule has 19 rings (SSSR count). The SMILES string of the molecule is COc1ccccc1C1(CNC(=O)CCc2ccccc2Br)CCOCC1.Cc1ccc(OC(C)(C)C(=O)N2CCC(S(=O)(=O)c3ccccc3)C2)cc1.O=C(CSc1nc2ccccc2o1)N(CCc1cccs1)C1CCCCC1.O=C(Cc1ccc2c(c1)OCO2)N1CCSC(c2ccccc2Cl)CC1.O=C(Nc1ccccc1-c1cn2ccccc2n1)c1cc(C2CC2)on1. The van der Waals surface area contributed by atoms with E-state index in [0.717, 1.165) is 166 Å². The Hall–Kier alpha value is -11.2. The summed E-state index contributed by atoms with van der Waals surface area (Å²) in [6.45, 7) is 10.6. The van der Waals surface area contributed by atoms with Crippen LogP contribution < -0.4 is 29.6 Å². The van der Waals surface area contributed by atoms with E-state index in [1.807, 2.05) is 210 Å². The minimum absolute atomic E-state index is 0.0755. The summed E-state index contributed by atoms with van der Waals surface area (Å²) in [5.74, 6) is 5.44.